The predicted molar refractivity (Wildman–Crippen MR) is 89.6 cm³/mol. The van der Waals surface area contributed by atoms with Crippen molar-refractivity contribution >= 4 is 16.8 Å². The Kier molecular flexibility index (Phi) is 4.24. The van der Waals surface area contributed by atoms with Crippen LogP contribution in [0.3, 0.4) is 0 Å². The third-order valence-electron chi connectivity index (χ3n) is 3.87. The molecule has 1 heterocycles. The second kappa shape index (κ2) is 6.48. The van der Waals surface area contributed by atoms with Crippen LogP contribution in [-0.4, -0.2) is 10.9 Å². The van der Waals surface area contributed by atoms with Crippen molar-refractivity contribution in [2.75, 3.05) is 0 Å². The average molecular weight is 292 g/mol. The van der Waals surface area contributed by atoms with E-state index in [0.29, 0.717) is 13.0 Å². The molecule has 22 heavy (non-hydrogen) atoms. The van der Waals surface area contributed by atoms with Gasteiger partial charge in [-0.25, -0.2) is 0 Å². The van der Waals surface area contributed by atoms with Crippen LogP contribution in [0.5, 0.6) is 0 Å². The summed E-state index contributed by atoms with van der Waals surface area (Å²) in [5.74, 6) is 0.0924. The van der Waals surface area contributed by atoms with Gasteiger partial charge in [-0.3, -0.25) is 4.79 Å². The van der Waals surface area contributed by atoms with Gasteiger partial charge in [-0.1, -0.05) is 35.9 Å². The summed E-state index contributed by atoms with van der Waals surface area (Å²) in [6.07, 6.45) is 3.21. The third kappa shape index (κ3) is 3.55. The van der Waals surface area contributed by atoms with Crippen LogP contribution in [0.2, 0.25) is 0 Å². The molecule has 0 unspecified atom stereocenters. The van der Waals surface area contributed by atoms with Gasteiger partial charge in [0.05, 0.1) is 0 Å². The zero-order valence-electron chi connectivity index (χ0n) is 12.7. The van der Waals surface area contributed by atoms with E-state index in [1.165, 1.54) is 16.5 Å². The number of rotatable bonds is 5. The molecule has 0 saturated heterocycles. The maximum absolute atomic E-state index is 12.0. The van der Waals surface area contributed by atoms with E-state index >= 15 is 0 Å². The molecule has 1 amide bonds. The Morgan fingerprint density at radius 1 is 1.05 bits per heavy atom. The summed E-state index contributed by atoms with van der Waals surface area (Å²) in [6, 6.07) is 16.6. The second-order valence-electron chi connectivity index (χ2n) is 5.66. The molecule has 0 atom stereocenters. The van der Waals surface area contributed by atoms with Crippen molar-refractivity contribution in [1.82, 2.24) is 10.3 Å². The number of benzene rings is 2. The first-order valence-electron chi connectivity index (χ1n) is 7.59. The number of aromatic amines is 1. The first-order chi connectivity index (χ1) is 10.7. The van der Waals surface area contributed by atoms with Gasteiger partial charge in [-0.15, -0.1) is 0 Å². The molecule has 2 N–H and O–H groups in total. The zero-order valence-corrected chi connectivity index (χ0v) is 12.7. The lowest BCUT2D eigenvalue weighted by molar-refractivity contribution is -0.121. The number of aromatic nitrogens is 1. The molecule has 3 aromatic rings. The van der Waals surface area contributed by atoms with Gasteiger partial charge in [0.25, 0.3) is 0 Å². The maximum Gasteiger partial charge on any atom is 0.220 e. The summed E-state index contributed by atoms with van der Waals surface area (Å²) in [4.78, 5) is 15.1. The molecule has 112 valence electrons. The SMILES string of the molecule is Cc1ccc(CNC(=O)CCc2ccc3[nH]ccc3c2)cc1. The standard InChI is InChI=1S/C19H20N2O/c1-14-2-4-16(5-3-14)13-21-19(22)9-7-15-6-8-18-17(12-15)10-11-20-18/h2-6,8,10-12,20H,7,9,13H2,1H3,(H,21,22). The molecule has 0 aliphatic heterocycles. The summed E-state index contributed by atoms with van der Waals surface area (Å²) in [6.45, 7) is 2.65. The number of carbonyl (C=O) groups excluding carboxylic acids is 1. The Bertz CT molecular complexity index is 771. The highest BCUT2D eigenvalue weighted by Gasteiger charge is 2.03. The number of H-pyrrole nitrogens is 1. The molecule has 0 aliphatic carbocycles. The van der Waals surface area contributed by atoms with Crippen LogP contribution in [0.25, 0.3) is 10.9 Å². The van der Waals surface area contributed by atoms with Gasteiger partial charge in [-0.2, -0.15) is 0 Å². The maximum atomic E-state index is 12.0. The molecule has 3 rings (SSSR count). The van der Waals surface area contributed by atoms with E-state index in [9.17, 15) is 4.79 Å². The lowest BCUT2D eigenvalue weighted by Crippen LogP contribution is -2.22. The summed E-state index contributed by atoms with van der Waals surface area (Å²) in [5.41, 5.74) is 4.69. The second-order valence-corrected chi connectivity index (χ2v) is 5.66. The quantitative estimate of drug-likeness (QED) is 0.739. The van der Waals surface area contributed by atoms with Crippen molar-refractivity contribution in [3.05, 3.63) is 71.4 Å². The number of nitrogens with one attached hydrogen (secondary N) is 2. The minimum Gasteiger partial charge on any atom is -0.361 e. The molecule has 0 radical (unpaired) electrons. The van der Waals surface area contributed by atoms with Gasteiger partial charge in [0, 0.05) is 24.7 Å². The highest BCUT2D eigenvalue weighted by atomic mass is 16.1. The monoisotopic (exact) mass is 292 g/mol. The molecule has 3 heteroatoms. The van der Waals surface area contributed by atoms with E-state index < -0.39 is 0 Å². The van der Waals surface area contributed by atoms with Crippen molar-refractivity contribution in [2.24, 2.45) is 0 Å². The summed E-state index contributed by atoms with van der Waals surface area (Å²) < 4.78 is 0. The number of carbonyl (C=O) groups is 1. The fourth-order valence-corrected chi connectivity index (χ4v) is 2.51. The van der Waals surface area contributed by atoms with E-state index in [-0.39, 0.29) is 5.91 Å². The lowest BCUT2D eigenvalue weighted by Gasteiger charge is -2.06. The van der Waals surface area contributed by atoms with E-state index in [1.54, 1.807) is 0 Å². The van der Waals surface area contributed by atoms with E-state index in [0.717, 1.165) is 17.5 Å². The van der Waals surface area contributed by atoms with Crippen LogP contribution in [0.15, 0.2) is 54.7 Å². The van der Waals surface area contributed by atoms with Crippen molar-refractivity contribution in [3.63, 3.8) is 0 Å². The van der Waals surface area contributed by atoms with Crippen molar-refractivity contribution < 1.29 is 4.79 Å². The molecule has 3 nitrogen and oxygen atoms in total. The molecule has 0 fully saturated rings. The van der Waals surface area contributed by atoms with Crippen LogP contribution >= 0.6 is 0 Å². The van der Waals surface area contributed by atoms with Crippen LogP contribution < -0.4 is 5.32 Å². The Morgan fingerprint density at radius 2 is 1.82 bits per heavy atom. The van der Waals surface area contributed by atoms with Crippen LogP contribution in [-0.2, 0) is 17.8 Å². The Morgan fingerprint density at radius 3 is 2.64 bits per heavy atom. The van der Waals surface area contributed by atoms with Gasteiger partial charge in [0.15, 0.2) is 0 Å². The van der Waals surface area contributed by atoms with Crippen LogP contribution in [0, 0.1) is 6.92 Å². The zero-order chi connectivity index (χ0) is 15.4. The number of hydrogen-bond donors (Lipinski definition) is 2. The van der Waals surface area contributed by atoms with Crippen LogP contribution in [0.4, 0.5) is 0 Å². The fourth-order valence-electron chi connectivity index (χ4n) is 2.51. The van der Waals surface area contributed by atoms with Gasteiger partial charge >= 0.3 is 0 Å². The Labute approximate surface area is 130 Å². The van der Waals surface area contributed by atoms with Crippen LogP contribution in [0.1, 0.15) is 23.1 Å². The number of amides is 1. The normalized spacial score (nSPS) is 10.8. The minimum absolute atomic E-state index is 0.0924. The number of fused-ring (bicyclic) bond motifs is 1. The first-order valence-corrected chi connectivity index (χ1v) is 7.59. The summed E-state index contributed by atoms with van der Waals surface area (Å²) in [7, 11) is 0. The molecular formula is C19H20N2O. The van der Waals surface area contributed by atoms with Gasteiger partial charge < -0.3 is 10.3 Å². The van der Waals surface area contributed by atoms with E-state index in [2.05, 4.69) is 65.8 Å². The summed E-state index contributed by atoms with van der Waals surface area (Å²) in [5, 5.41) is 4.17. The van der Waals surface area contributed by atoms with Crippen molar-refractivity contribution in [1.29, 1.82) is 0 Å². The third-order valence-corrected chi connectivity index (χ3v) is 3.87. The van der Waals surface area contributed by atoms with Gasteiger partial charge in [0.2, 0.25) is 5.91 Å². The largest absolute Gasteiger partial charge is 0.361 e. The summed E-state index contributed by atoms with van der Waals surface area (Å²) >= 11 is 0. The minimum atomic E-state index is 0.0924. The highest BCUT2D eigenvalue weighted by molar-refractivity contribution is 5.80. The molecule has 0 saturated carbocycles. The van der Waals surface area contributed by atoms with E-state index in [1.807, 2.05) is 6.20 Å². The smallest absolute Gasteiger partial charge is 0.220 e. The molecule has 1 aromatic heterocycles. The number of hydrogen-bond acceptors (Lipinski definition) is 1. The van der Waals surface area contributed by atoms with Crippen molar-refractivity contribution in [2.45, 2.75) is 26.3 Å². The average Bonchev–Trinajstić information content (AvgIpc) is 3.00. The molecule has 0 bridgehead atoms. The predicted octanol–water partition coefficient (Wildman–Crippen LogP) is 3.73. The molecule has 2 aromatic carbocycles. The van der Waals surface area contributed by atoms with Gasteiger partial charge in [-0.05, 0) is 48.1 Å². The topological polar surface area (TPSA) is 44.9 Å². The molecule has 0 spiro atoms. The number of aryl methyl sites for hydroxylation is 2. The Hall–Kier alpha value is -2.55. The van der Waals surface area contributed by atoms with Crippen molar-refractivity contribution in [3.8, 4) is 0 Å². The fraction of sp³-hybridized carbons (Fsp3) is 0.211. The lowest BCUT2D eigenvalue weighted by atomic mass is 10.1. The van der Waals surface area contributed by atoms with Gasteiger partial charge in [0.1, 0.15) is 0 Å². The first kappa shape index (κ1) is 14.4. The molecular weight excluding hydrogens is 272 g/mol. The Balaban J connectivity index is 1.50. The van der Waals surface area contributed by atoms with E-state index in [4.69, 9.17) is 0 Å². The highest BCUT2D eigenvalue weighted by Crippen LogP contribution is 2.15. The molecule has 0 aliphatic rings.